The molecule has 0 bridgehead atoms. The third kappa shape index (κ3) is 4.73. The van der Waals surface area contributed by atoms with Gasteiger partial charge in [-0.3, -0.25) is 0 Å². The number of hydrogen-bond acceptors (Lipinski definition) is 3. The average Bonchev–Trinajstić information content (AvgIpc) is 2.45. The molecule has 5 heteroatoms. The van der Waals surface area contributed by atoms with Crippen molar-refractivity contribution in [1.82, 2.24) is 4.90 Å². The van der Waals surface area contributed by atoms with E-state index < -0.39 is 11.6 Å². The van der Waals surface area contributed by atoms with Crippen LogP contribution >= 0.6 is 0 Å². The van der Waals surface area contributed by atoms with Gasteiger partial charge in [0.2, 0.25) is 0 Å². The summed E-state index contributed by atoms with van der Waals surface area (Å²) in [5, 5.41) is 9.12. The van der Waals surface area contributed by atoms with Crippen molar-refractivity contribution in [3.8, 4) is 0 Å². The molecule has 0 saturated carbocycles. The maximum absolute atomic E-state index is 13.2. The minimum atomic E-state index is -0.587. The van der Waals surface area contributed by atoms with Crippen molar-refractivity contribution in [2.45, 2.75) is 44.2 Å². The van der Waals surface area contributed by atoms with Gasteiger partial charge in [-0.15, -0.1) is 0 Å². The molecule has 118 valence electrons. The lowest BCUT2D eigenvalue weighted by Gasteiger charge is -2.36. The molecular weight excluding hydrogens is 274 g/mol. The first-order chi connectivity index (χ1) is 10.1. The second kappa shape index (κ2) is 7.82. The van der Waals surface area contributed by atoms with E-state index in [9.17, 15) is 8.78 Å². The van der Waals surface area contributed by atoms with Crippen molar-refractivity contribution in [3.05, 3.63) is 35.4 Å². The third-order valence-corrected chi connectivity index (χ3v) is 4.25. The van der Waals surface area contributed by atoms with Gasteiger partial charge >= 0.3 is 0 Å². The Morgan fingerprint density at radius 1 is 1.24 bits per heavy atom. The van der Waals surface area contributed by atoms with Gasteiger partial charge < -0.3 is 15.7 Å². The molecule has 0 amide bonds. The van der Waals surface area contributed by atoms with Crippen molar-refractivity contribution >= 4 is 0 Å². The first kappa shape index (κ1) is 16.3. The summed E-state index contributed by atoms with van der Waals surface area (Å²) in [6.45, 7) is 2.00. The van der Waals surface area contributed by atoms with Crippen molar-refractivity contribution < 1.29 is 13.9 Å². The van der Waals surface area contributed by atoms with Gasteiger partial charge in [-0.2, -0.15) is 0 Å². The predicted octanol–water partition coefficient (Wildman–Crippen LogP) is 2.59. The number of aliphatic hydroxyl groups is 1. The zero-order valence-corrected chi connectivity index (χ0v) is 12.3. The van der Waals surface area contributed by atoms with Gasteiger partial charge in [0.15, 0.2) is 0 Å². The third-order valence-electron chi connectivity index (χ3n) is 4.25. The van der Waals surface area contributed by atoms with Crippen LogP contribution in [0.5, 0.6) is 0 Å². The fourth-order valence-electron chi connectivity index (χ4n) is 3.09. The van der Waals surface area contributed by atoms with Gasteiger partial charge in [-0.25, -0.2) is 8.78 Å². The summed E-state index contributed by atoms with van der Waals surface area (Å²) >= 11 is 0. The average molecular weight is 298 g/mol. The van der Waals surface area contributed by atoms with E-state index in [2.05, 4.69) is 4.90 Å². The number of aliphatic hydroxyl groups excluding tert-OH is 1. The van der Waals surface area contributed by atoms with Gasteiger partial charge in [0.25, 0.3) is 0 Å². The molecule has 2 atom stereocenters. The van der Waals surface area contributed by atoms with Crippen molar-refractivity contribution in [1.29, 1.82) is 0 Å². The van der Waals surface area contributed by atoms with Gasteiger partial charge in [0, 0.05) is 31.3 Å². The summed E-state index contributed by atoms with van der Waals surface area (Å²) in [6, 6.07) is 3.50. The summed E-state index contributed by atoms with van der Waals surface area (Å²) in [6.07, 6.45) is 4.90. The summed E-state index contributed by atoms with van der Waals surface area (Å²) in [4.78, 5) is 2.34. The smallest absolute Gasteiger partial charge is 0.126 e. The van der Waals surface area contributed by atoms with Crippen LogP contribution < -0.4 is 5.73 Å². The van der Waals surface area contributed by atoms with Crippen LogP contribution in [0.1, 0.15) is 43.7 Å². The Balaban J connectivity index is 1.91. The number of halogens is 2. The van der Waals surface area contributed by atoms with Crippen LogP contribution in [0.2, 0.25) is 0 Å². The fourth-order valence-corrected chi connectivity index (χ4v) is 3.09. The second-order valence-electron chi connectivity index (χ2n) is 5.80. The molecule has 0 aliphatic carbocycles. The van der Waals surface area contributed by atoms with Gasteiger partial charge in [0.1, 0.15) is 11.6 Å². The molecule has 1 aliphatic heterocycles. The molecule has 21 heavy (non-hydrogen) atoms. The minimum Gasteiger partial charge on any atom is -0.396 e. The molecule has 0 spiro atoms. The molecule has 0 radical (unpaired) electrons. The highest BCUT2D eigenvalue weighted by Gasteiger charge is 2.22. The molecule has 1 heterocycles. The molecule has 3 nitrogen and oxygen atoms in total. The van der Waals surface area contributed by atoms with E-state index in [-0.39, 0.29) is 12.6 Å². The van der Waals surface area contributed by atoms with Crippen molar-refractivity contribution in [2.75, 3.05) is 19.7 Å². The Kier molecular flexibility index (Phi) is 6.08. The number of nitrogens with two attached hydrogens (primary N) is 1. The Morgan fingerprint density at radius 3 is 2.62 bits per heavy atom. The molecule has 1 aromatic rings. The first-order valence-electron chi connectivity index (χ1n) is 7.66. The van der Waals surface area contributed by atoms with E-state index in [1.807, 2.05) is 0 Å². The number of hydrogen-bond donors (Lipinski definition) is 2. The Hall–Kier alpha value is -1.04. The molecule has 0 aromatic heterocycles. The van der Waals surface area contributed by atoms with Crippen LogP contribution in [-0.4, -0.2) is 35.7 Å². The zero-order chi connectivity index (χ0) is 15.2. The summed E-state index contributed by atoms with van der Waals surface area (Å²) in [7, 11) is 0. The monoisotopic (exact) mass is 298 g/mol. The van der Waals surface area contributed by atoms with Gasteiger partial charge in [-0.05, 0) is 49.9 Å². The lowest BCUT2D eigenvalue weighted by atomic mass is 9.98. The first-order valence-corrected chi connectivity index (χ1v) is 7.66. The SMILES string of the molecule is NC(CCN1CCCCC1CCO)c1cc(F)cc(F)c1. The van der Waals surface area contributed by atoms with Gasteiger partial charge in [0.05, 0.1) is 0 Å². The fraction of sp³-hybridized carbons (Fsp3) is 0.625. The lowest BCUT2D eigenvalue weighted by molar-refractivity contribution is 0.116. The summed E-state index contributed by atoms with van der Waals surface area (Å²) < 4.78 is 26.4. The van der Waals surface area contributed by atoms with Crippen LogP contribution in [0.25, 0.3) is 0 Å². The van der Waals surface area contributed by atoms with Crippen molar-refractivity contribution in [3.63, 3.8) is 0 Å². The molecular formula is C16H24F2N2O. The number of piperidine rings is 1. The predicted molar refractivity (Wildman–Crippen MR) is 78.8 cm³/mol. The lowest BCUT2D eigenvalue weighted by Crippen LogP contribution is -2.41. The maximum Gasteiger partial charge on any atom is 0.126 e. The Morgan fingerprint density at radius 2 is 1.95 bits per heavy atom. The van der Waals surface area contributed by atoms with Gasteiger partial charge in [-0.1, -0.05) is 6.42 Å². The molecule has 2 unspecified atom stereocenters. The largest absolute Gasteiger partial charge is 0.396 e. The van der Waals surface area contributed by atoms with Crippen molar-refractivity contribution in [2.24, 2.45) is 5.73 Å². The van der Waals surface area contributed by atoms with Crippen LogP contribution in [0.15, 0.2) is 18.2 Å². The number of likely N-dealkylation sites (tertiary alicyclic amines) is 1. The quantitative estimate of drug-likeness (QED) is 0.848. The number of benzene rings is 1. The summed E-state index contributed by atoms with van der Waals surface area (Å²) in [5.41, 5.74) is 6.56. The summed E-state index contributed by atoms with van der Waals surface area (Å²) in [5.74, 6) is -1.17. The topological polar surface area (TPSA) is 49.5 Å². The highest BCUT2D eigenvalue weighted by molar-refractivity contribution is 5.21. The van der Waals surface area contributed by atoms with E-state index in [1.54, 1.807) is 0 Å². The number of nitrogens with zero attached hydrogens (tertiary/aromatic N) is 1. The maximum atomic E-state index is 13.2. The van der Waals surface area contributed by atoms with Crippen LogP contribution in [0, 0.1) is 11.6 Å². The van der Waals surface area contributed by atoms with Crippen LogP contribution in [-0.2, 0) is 0 Å². The second-order valence-corrected chi connectivity index (χ2v) is 5.80. The molecule has 1 aliphatic rings. The number of rotatable bonds is 6. The molecule has 3 N–H and O–H groups in total. The molecule has 1 aromatic carbocycles. The van der Waals surface area contributed by atoms with Crippen LogP contribution in [0.4, 0.5) is 8.78 Å². The standard InChI is InChI=1S/C16H24F2N2O/c17-13-9-12(10-14(18)11-13)16(19)4-7-20-6-2-1-3-15(20)5-8-21/h9-11,15-16,21H,1-8,19H2. The molecule has 1 saturated heterocycles. The van der Waals surface area contributed by atoms with E-state index >= 15 is 0 Å². The van der Waals surface area contributed by atoms with Crippen LogP contribution in [0.3, 0.4) is 0 Å². The molecule has 2 rings (SSSR count). The molecule has 1 fully saturated rings. The van der Waals surface area contributed by atoms with E-state index in [0.29, 0.717) is 18.0 Å². The minimum absolute atomic E-state index is 0.197. The van der Waals surface area contributed by atoms with E-state index in [4.69, 9.17) is 10.8 Å². The Labute approximate surface area is 124 Å². The Bertz CT molecular complexity index is 434. The highest BCUT2D eigenvalue weighted by Crippen LogP contribution is 2.22. The normalized spacial score (nSPS) is 21.4. The highest BCUT2D eigenvalue weighted by atomic mass is 19.1. The van der Waals surface area contributed by atoms with E-state index in [0.717, 1.165) is 38.4 Å². The van der Waals surface area contributed by atoms with E-state index in [1.165, 1.54) is 18.6 Å². The zero-order valence-electron chi connectivity index (χ0n) is 12.3.